The van der Waals surface area contributed by atoms with Gasteiger partial charge in [-0.1, -0.05) is 143 Å². The first-order valence-corrected chi connectivity index (χ1v) is 13.1. The first-order chi connectivity index (χ1) is 18.8. The van der Waals surface area contributed by atoms with Crippen LogP contribution in [0.25, 0.3) is 0 Å². The molecule has 0 fully saturated rings. The number of aromatic hydroxyl groups is 3. The molecule has 0 bridgehead atoms. The molecule has 3 nitrogen and oxygen atoms in total. The van der Waals surface area contributed by atoms with E-state index in [1.54, 1.807) is 72.8 Å². The number of hydrogen-bond donors (Lipinski definition) is 3. The molecule has 0 aliphatic carbocycles. The highest BCUT2D eigenvalue weighted by atomic mass is 16.3. The van der Waals surface area contributed by atoms with Crippen LogP contribution in [0, 0.1) is 0 Å². The Bertz CT molecular complexity index is 1060. The van der Waals surface area contributed by atoms with Crippen molar-refractivity contribution in [2.24, 2.45) is 0 Å². The average molecular weight is 523 g/mol. The number of phenols is 3. The highest BCUT2D eigenvalue weighted by Crippen LogP contribution is 2.12. The molecule has 5 rings (SSSR count). The molecule has 0 spiro atoms. The van der Waals surface area contributed by atoms with E-state index in [0.717, 1.165) is 0 Å². The topological polar surface area (TPSA) is 60.7 Å². The van der Waals surface area contributed by atoms with Crippen molar-refractivity contribution in [3.05, 3.63) is 163 Å². The van der Waals surface area contributed by atoms with Crippen molar-refractivity contribution in [1.29, 1.82) is 0 Å². The second-order valence-corrected chi connectivity index (χ2v) is 9.14. The summed E-state index contributed by atoms with van der Waals surface area (Å²) in [6, 6.07) is 47.2. The molecule has 204 valence electrons. The molecule has 0 aliphatic rings. The Kier molecular flexibility index (Phi) is 17.1. The van der Waals surface area contributed by atoms with Gasteiger partial charge in [0.05, 0.1) is 0 Å². The standard InChI is InChI=1S/2C9H12.3C6H6O/c2*1-8(2)9-6-4-3-5-7-9;3*7-6-4-2-1-3-5-6/h2*3-8H,1-2H3;3*1-5,7H. The quantitative estimate of drug-likeness (QED) is 0.216. The van der Waals surface area contributed by atoms with Crippen molar-refractivity contribution in [3.8, 4) is 17.2 Å². The third-order valence-electron chi connectivity index (χ3n) is 5.20. The predicted molar refractivity (Wildman–Crippen MR) is 165 cm³/mol. The largest absolute Gasteiger partial charge is 0.508 e. The molecule has 0 amide bonds. The molecule has 0 unspecified atom stereocenters. The molecule has 39 heavy (non-hydrogen) atoms. The Morgan fingerprint density at radius 3 is 0.590 bits per heavy atom. The van der Waals surface area contributed by atoms with Crippen LogP contribution in [0.3, 0.4) is 0 Å². The zero-order chi connectivity index (χ0) is 28.7. The van der Waals surface area contributed by atoms with Gasteiger partial charge < -0.3 is 15.3 Å². The van der Waals surface area contributed by atoms with Crippen molar-refractivity contribution < 1.29 is 15.3 Å². The molecule has 3 N–H and O–H groups in total. The SMILES string of the molecule is CC(C)c1ccccc1.CC(C)c1ccccc1.Oc1ccccc1.Oc1ccccc1.Oc1ccccc1. The molecular formula is C36H42O3. The number of phenolic OH excluding ortho intramolecular Hbond substituents is 3. The highest BCUT2D eigenvalue weighted by Gasteiger charge is 1.94. The van der Waals surface area contributed by atoms with Gasteiger partial charge in [0, 0.05) is 0 Å². The molecule has 0 aliphatic heterocycles. The highest BCUT2D eigenvalue weighted by molar-refractivity contribution is 5.20. The van der Waals surface area contributed by atoms with Gasteiger partial charge in [0.1, 0.15) is 17.2 Å². The third-order valence-corrected chi connectivity index (χ3v) is 5.20. The van der Waals surface area contributed by atoms with Crippen molar-refractivity contribution in [2.75, 3.05) is 0 Å². The van der Waals surface area contributed by atoms with Gasteiger partial charge >= 0.3 is 0 Å². The van der Waals surface area contributed by atoms with Gasteiger partial charge in [-0.15, -0.1) is 0 Å². The van der Waals surface area contributed by atoms with Crippen LogP contribution >= 0.6 is 0 Å². The molecule has 0 aromatic heterocycles. The lowest BCUT2D eigenvalue weighted by molar-refractivity contribution is 0.475. The maximum Gasteiger partial charge on any atom is 0.115 e. The van der Waals surface area contributed by atoms with Gasteiger partial charge in [-0.2, -0.15) is 0 Å². The molecule has 5 aromatic rings. The minimum absolute atomic E-state index is 0.322. The number of hydrogen-bond acceptors (Lipinski definition) is 3. The number of rotatable bonds is 2. The smallest absolute Gasteiger partial charge is 0.115 e. The Morgan fingerprint density at radius 1 is 0.308 bits per heavy atom. The molecule has 5 aromatic carbocycles. The summed E-state index contributed by atoms with van der Waals surface area (Å²) in [5.41, 5.74) is 2.83. The zero-order valence-corrected chi connectivity index (χ0v) is 23.4. The third kappa shape index (κ3) is 17.6. The lowest BCUT2D eigenvalue weighted by Gasteiger charge is -2.01. The molecule has 0 saturated carbocycles. The van der Waals surface area contributed by atoms with E-state index in [9.17, 15) is 0 Å². The summed E-state index contributed by atoms with van der Waals surface area (Å²) in [5.74, 6) is 2.28. The Balaban J connectivity index is 0.000000245. The number of benzene rings is 5. The van der Waals surface area contributed by atoms with Crippen molar-refractivity contribution in [2.45, 2.75) is 39.5 Å². The minimum Gasteiger partial charge on any atom is -0.508 e. The average Bonchev–Trinajstić information content (AvgIpc) is 2.97. The summed E-state index contributed by atoms with van der Waals surface area (Å²) < 4.78 is 0. The molecule has 3 heteroatoms. The first-order valence-electron chi connectivity index (χ1n) is 13.1. The van der Waals surface area contributed by atoms with Crippen molar-refractivity contribution >= 4 is 0 Å². The van der Waals surface area contributed by atoms with E-state index in [4.69, 9.17) is 15.3 Å². The lowest BCUT2D eigenvalue weighted by atomic mass is 10.0. The van der Waals surface area contributed by atoms with Crippen LogP contribution in [0.15, 0.2) is 152 Å². The summed E-state index contributed by atoms with van der Waals surface area (Å²) in [5, 5.41) is 25.9. The van der Waals surface area contributed by atoms with Gasteiger partial charge in [-0.25, -0.2) is 0 Å². The van der Waals surface area contributed by atoms with E-state index < -0.39 is 0 Å². The summed E-state index contributed by atoms with van der Waals surface area (Å²) in [6.45, 7) is 8.81. The van der Waals surface area contributed by atoms with E-state index in [-0.39, 0.29) is 0 Å². The van der Waals surface area contributed by atoms with E-state index in [2.05, 4.69) is 76.2 Å². The minimum atomic E-state index is 0.322. The lowest BCUT2D eigenvalue weighted by Crippen LogP contribution is -1.83. The first kappa shape index (κ1) is 32.5. The van der Waals surface area contributed by atoms with Gasteiger partial charge in [0.15, 0.2) is 0 Å². The molecular weight excluding hydrogens is 480 g/mol. The monoisotopic (exact) mass is 522 g/mol. The van der Waals surface area contributed by atoms with Crippen LogP contribution in [0.4, 0.5) is 0 Å². The molecule has 0 saturated heterocycles. The molecule has 0 radical (unpaired) electrons. The van der Waals surface area contributed by atoms with E-state index in [0.29, 0.717) is 29.1 Å². The summed E-state index contributed by atoms with van der Waals surface area (Å²) in [7, 11) is 0. The van der Waals surface area contributed by atoms with Crippen LogP contribution in [-0.2, 0) is 0 Å². The second-order valence-electron chi connectivity index (χ2n) is 9.14. The summed E-state index contributed by atoms with van der Waals surface area (Å²) >= 11 is 0. The van der Waals surface area contributed by atoms with Gasteiger partial charge in [-0.3, -0.25) is 0 Å². The molecule has 0 heterocycles. The van der Waals surface area contributed by atoms with Gasteiger partial charge in [0.2, 0.25) is 0 Å². The van der Waals surface area contributed by atoms with E-state index in [1.165, 1.54) is 11.1 Å². The second kappa shape index (κ2) is 20.5. The van der Waals surface area contributed by atoms with E-state index >= 15 is 0 Å². The van der Waals surface area contributed by atoms with Crippen molar-refractivity contribution in [1.82, 2.24) is 0 Å². The predicted octanol–water partition coefficient (Wildman–Crippen LogP) is 9.80. The normalized spacial score (nSPS) is 9.28. The van der Waals surface area contributed by atoms with Crippen LogP contribution < -0.4 is 0 Å². The fraction of sp³-hybridized carbons (Fsp3) is 0.167. The number of para-hydroxylation sites is 3. The Labute approximate surface area is 234 Å². The van der Waals surface area contributed by atoms with Crippen LogP contribution in [0.1, 0.15) is 50.7 Å². The van der Waals surface area contributed by atoms with Crippen LogP contribution in [-0.4, -0.2) is 15.3 Å². The van der Waals surface area contributed by atoms with Gasteiger partial charge in [0.25, 0.3) is 0 Å². The fourth-order valence-electron chi connectivity index (χ4n) is 2.96. The zero-order valence-electron chi connectivity index (χ0n) is 23.4. The van der Waals surface area contributed by atoms with Crippen LogP contribution in [0.2, 0.25) is 0 Å². The van der Waals surface area contributed by atoms with Gasteiger partial charge in [-0.05, 0) is 59.4 Å². The maximum absolute atomic E-state index is 8.63. The van der Waals surface area contributed by atoms with E-state index in [1.807, 2.05) is 30.3 Å². The Morgan fingerprint density at radius 2 is 0.487 bits per heavy atom. The Hall–Kier alpha value is -4.50. The maximum atomic E-state index is 8.63. The summed E-state index contributed by atoms with van der Waals surface area (Å²) in [6.07, 6.45) is 0. The molecule has 0 atom stereocenters. The fourth-order valence-corrected chi connectivity index (χ4v) is 2.96. The van der Waals surface area contributed by atoms with Crippen LogP contribution in [0.5, 0.6) is 17.2 Å². The summed E-state index contributed by atoms with van der Waals surface area (Å²) in [4.78, 5) is 0. The van der Waals surface area contributed by atoms with Crippen molar-refractivity contribution in [3.63, 3.8) is 0 Å².